The largest absolute Gasteiger partial charge is 0.480 e. The van der Waals surface area contributed by atoms with Crippen LogP contribution in [0.15, 0.2) is 28.7 Å². The third kappa shape index (κ3) is 3.76. The first kappa shape index (κ1) is 15.6. The molecular weight excluding hydrogens is 317 g/mol. The molecule has 0 saturated carbocycles. The van der Waals surface area contributed by atoms with Crippen LogP contribution in [-0.2, 0) is 15.0 Å². The number of hydrogen-bond donors (Lipinski definition) is 2. The Labute approximate surface area is 119 Å². The molecule has 19 heavy (non-hydrogen) atoms. The Bertz CT molecular complexity index is 491. The third-order valence-electron chi connectivity index (χ3n) is 2.87. The Balaban J connectivity index is 2.93. The number of hydrogen-bond acceptors (Lipinski definition) is 2. The van der Waals surface area contributed by atoms with E-state index >= 15 is 0 Å². The van der Waals surface area contributed by atoms with Crippen LogP contribution in [0, 0.1) is 0 Å². The Kier molecular flexibility index (Phi) is 5.05. The van der Waals surface area contributed by atoms with E-state index in [4.69, 9.17) is 5.11 Å². The lowest BCUT2D eigenvalue weighted by molar-refractivity contribution is -0.143. The molecule has 104 valence electrons. The molecule has 6 heteroatoms. The number of nitrogens with one attached hydrogen (secondary N) is 1. The number of carbonyl (C=O) groups is 2. The first-order chi connectivity index (χ1) is 8.78. The van der Waals surface area contributed by atoms with Crippen LogP contribution in [0.4, 0.5) is 4.39 Å². The van der Waals surface area contributed by atoms with Gasteiger partial charge in [0.05, 0.1) is 5.41 Å². The Morgan fingerprint density at radius 2 is 2.11 bits per heavy atom. The quantitative estimate of drug-likeness (QED) is 0.869. The Hall–Kier alpha value is -1.43. The maximum atomic E-state index is 12.5. The second-order valence-corrected chi connectivity index (χ2v) is 5.57. The highest BCUT2D eigenvalue weighted by Gasteiger charge is 2.33. The van der Waals surface area contributed by atoms with Gasteiger partial charge >= 0.3 is 5.97 Å². The second-order valence-electron chi connectivity index (χ2n) is 4.65. The third-order valence-corrected chi connectivity index (χ3v) is 3.36. The lowest BCUT2D eigenvalue weighted by Crippen LogP contribution is -2.49. The van der Waals surface area contributed by atoms with Crippen LogP contribution < -0.4 is 5.32 Å². The number of carbonyl (C=O) groups excluding carboxylic acids is 1. The minimum atomic E-state index is -1.51. The summed E-state index contributed by atoms with van der Waals surface area (Å²) >= 11 is 3.31. The van der Waals surface area contributed by atoms with Crippen molar-refractivity contribution in [1.82, 2.24) is 5.32 Å². The van der Waals surface area contributed by atoms with E-state index in [1.165, 1.54) is 0 Å². The molecule has 0 aliphatic heterocycles. The van der Waals surface area contributed by atoms with Gasteiger partial charge < -0.3 is 10.4 Å². The fourth-order valence-corrected chi connectivity index (χ4v) is 1.91. The highest BCUT2D eigenvalue weighted by molar-refractivity contribution is 9.10. The summed E-state index contributed by atoms with van der Waals surface area (Å²) in [4.78, 5) is 22.8. The lowest BCUT2D eigenvalue weighted by Gasteiger charge is -2.25. The van der Waals surface area contributed by atoms with E-state index in [0.29, 0.717) is 5.56 Å². The van der Waals surface area contributed by atoms with Crippen LogP contribution in [0.3, 0.4) is 0 Å². The first-order valence-electron chi connectivity index (χ1n) is 5.65. The maximum absolute atomic E-state index is 12.5. The number of carboxylic acids is 1. The van der Waals surface area contributed by atoms with E-state index in [2.05, 4.69) is 21.2 Å². The Morgan fingerprint density at radius 3 is 2.58 bits per heavy atom. The number of rotatable bonds is 5. The van der Waals surface area contributed by atoms with Gasteiger partial charge in [0.25, 0.3) is 0 Å². The summed E-state index contributed by atoms with van der Waals surface area (Å²) in [5.74, 6) is -1.92. The van der Waals surface area contributed by atoms with Crippen molar-refractivity contribution in [1.29, 1.82) is 0 Å². The van der Waals surface area contributed by atoms with Gasteiger partial charge in [-0.1, -0.05) is 28.1 Å². The summed E-state index contributed by atoms with van der Waals surface area (Å²) in [5, 5.41) is 10.9. The summed E-state index contributed by atoms with van der Waals surface area (Å²) in [5.41, 5.74) is -0.241. The SMILES string of the molecule is CC(C)(C(=O)NC(CF)C(=O)O)c1cccc(Br)c1. The van der Waals surface area contributed by atoms with E-state index in [9.17, 15) is 14.0 Å². The van der Waals surface area contributed by atoms with Gasteiger partial charge in [0, 0.05) is 4.47 Å². The maximum Gasteiger partial charge on any atom is 0.328 e. The van der Waals surface area contributed by atoms with Crippen molar-refractivity contribution in [3.63, 3.8) is 0 Å². The van der Waals surface area contributed by atoms with Crippen molar-refractivity contribution in [2.24, 2.45) is 0 Å². The van der Waals surface area contributed by atoms with Crippen molar-refractivity contribution >= 4 is 27.8 Å². The normalized spacial score (nSPS) is 12.8. The zero-order valence-electron chi connectivity index (χ0n) is 10.6. The summed E-state index contributed by atoms with van der Waals surface area (Å²) in [6.07, 6.45) is 0. The molecule has 0 heterocycles. The number of amides is 1. The molecule has 0 fully saturated rings. The summed E-state index contributed by atoms with van der Waals surface area (Å²) in [7, 11) is 0. The molecule has 1 atom stereocenters. The molecule has 0 spiro atoms. The van der Waals surface area contributed by atoms with Crippen LogP contribution in [0.1, 0.15) is 19.4 Å². The smallest absolute Gasteiger partial charge is 0.328 e. The number of alkyl halides is 1. The molecule has 1 rings (SSSR count). The van der Waals surface area contributed by atoms with E-state index in [-0.39, 0.29) is 0 Å². The molecular formula is C13H15BrFNO3. The van der Waals surface area contributed by atoms with Crippen LogP contribution in [0.5, 0.6) is 0 Å². The average molecular weight is 332 g/mol. The van der Waals surface area contributed by atoms with Gasteiger partial charge in [-0.3, -0.25) is 4.79 Å². The average Bonchev–Trinajstić information content (AvgIpc) is 2.35. The molecule has 0 aliphatic carbocycles. The molecule has 0 aliphatic rings. The van der Waals surface area contributed by atoms with Gasteiger partial charge in [0.1, 0.15) is 6.67 Å². The molecule has 2 N–H and O–H groups in total. The fourth-order valence-electron chi connectivity index (χ4n) is 1.51. The van der Waals surface area contributed by atoms with Crippen molar-refractivity contribution in [2.75, 3.05) is 6.67 Å². The zero-order valence-corrected chi connectivity index (χ0v) is 12.2. The van der Waals surface area contributed by atoms with Gasteiger partial charge in [-0.15, -0.1) is 0 Å². The minimum absolute atomic E-state index is 0.532. The number of halogens is 2. The lowest BCUT2D eigenvalue weighted by atomic mass is 9.83. The second kappa shape index (κ2) is 6.14. The molecule has 0 saturated heterocycles. The number of benzene rings is 1. The molecule has 0 aromatic heterocycles. The zero-order chi connectivity index (χ0) is 14.6. The highest BCUT2D eigenvalue weighted by Crippen LogP contribution is 2.26. The van der Waals surface area contributed by atoms with Crippen molar-refractivity contribution in [2.45, 2.75) is 25.3 Å². The summed E-state index contributed by atoms with van der Waals surface area (Å²) in [6, 6.07) is 5.61. The van der Waals surface area contributed by atoms with Crippen LogP contribution in [0.25, 0.3) is 0 Å². The Morgan fingerprint density at radius 1 is 1.47 bits per heavy atom. The number of carboxylic acid groups (broad SMARTS) is 1. The minimum Gasteiger partial charge on any atom is -0.480 e. The summed E-state index contributed by atoms with van der Waals surface area (Å²) < 4.78 is 13.3. The molecule has 0 bridgehead atoms. The van der Waals surface area contributed by atoms with Crippen molar-refractivity contribution < 1.29 is 19.1 Å². The van der Waals surface area contributed by atoms with E-state index in [0.717, 1.165) is 4.47 Å². The first-order valence-corrected chi connectivity index (χ1v) is 6.44. The molecule has 0 radical (unpaired) electrons. The van der Waals surface area contributed by atoms with Gasteiger partial charge in [-0.05, 0) is 31.5 Å². The van der Waals surface area contributed by atoms with E-state index in [1.807, 2.05) is 6.07 Å². The summed E-state index contributed by atoms with van der Waals surface area (Å²) in [6.45, 7) is 2.16. The predicted molar refractivity (Wildman–Crippen MR) is 72.7 cm³/mol. The molecule has 1 aromatic carbocycles. The molecule has 4 nitrogen and oxygen atoms in total. The van der Waals surface area contributed by atoms with Crippen LogP contribution in [-0.4, -0.2) is 29.7 Å². The monoisotopic (exact) mass is 331 g/mol. The van der Waals surface area contributed by atoms with Gasteiger partial charge in [-0.2, -0.15) is 0 Å². The van der Waals surface area contributed by atoms with Crippen LogP contribution in [0.2, 0.25) is 0 Å². The molecule has 1 aromatic rings. The standard InChI is InChI=1S/C13H15BrFNO3/c1-13(2,8-4-3-5-9(14)6-8)12(19)16-10(7-15)11(17)18/h3-6,10H,7H2,1-2H3,(H,16,19)(H,17,18). The van der Waals surface area contributed by atoms with E-state index in [1.54, 1.807) is 32.0 Å². The van der Waals surface area contributed by atoms with Crippen molar-refractivity contribution in [3.8, 4) is 0 Å². The molecule has 1 amide bonds. The highest BCUT2D eigenvalue weighted by atomic mass is 79.9. The van der Waals surface area contributed by atoms with E-state index < -0.39 is 30.0 Å². The van der Waals surface area contributed by atoms with Crippen molar-refractivity contribution in [3.05, 3.63) is 34.3 Å². The van der Waals surface area contributed by atoms with Gasteiger partial charge in [0.2, 0.25) is 5.91 Å². The topological polar surface area (TPSA) is 66.4 Å². The van der Waals surface area contributed by atoms with Gasteiger partial charge in [0.15, 0.2) is 6.04 Å². The predicted octanol–water partition coefficient (Wildman–Crippen LogP) is 2.27. The van der Waals surface area contributed by atoms with Gasteiger partial charge in [-0.25, -0.2) is 9.18 Å². The molecule has 1 unspecified atom stereocenters. The number of aliphatic carboxylic acids is 1. The van der Waals surface area contributed by atoms with Crippen LogP contribution >= 0.6 is 15.9 Å². The fraction of sp³-hybridized carbons (Fsp3) is 0.385.